The molecule has 4 heteroatoms. The van der Waals surface area contributed by atoms with E-state index in [-0.39, 0.29) is 29.2 Å². The topological polar surface area (TPSA) is 58.6 Å². The molecular weight excluding hydrogens is 242 g/mol. The van der Waals surface area contributed by atoms with Crippen LogP contribution in [0.3, 0.4) is 0 Å². The fourth-order valence-corrected chi connectivity index (χ4v) is 2.67. The molecule has 104 valence electrons. The first-order valence-electron chi connectivity index (χ1n) is 6.49. The monoisotopic (exact) mass is 263 g/mol. The lowest BCUT2D eigenvalue weighted by molar-refractivity contribution is -0.0942. The van der Waals surface area contributed by atoms with Gasteiger partial charge in [-0.05, 0) is 37.1 Å². The van der Waals surface area contributed by atoms with Crippen molar-refractivity contribution in [3.63, 3.8) is 0 Å². The van der Waals surface area contributed by atoms with Crippen molar-refractivity contribution in [2.45, 2.75) is 39.3 Å². The summed E-state index contributed by atoms with van der Waals surface area (Å²) in [5.41, 5.74) is 1.34. The number of amides is 1. The second kappa shape index (κ2) is 4.85. The molecule has 1 amide bonds. The van der Waals surface area contributed by atoms with Gasteiger partial charge in [0.15, 0.2) is 0 Å². The lowest BCUT2D eigenvalue weighted by atomic mass is 9.64. The van der Waals surface area contributed by atoms with E-state index < -0.39 is 0 Å². The molecule has 1 fully saturated rings. The molecule has 0 aliphatic heterocycles. The van der Waals surface area contributed by atoms with Crippen LogP contribution in [0, 0.1) is 12.3 Å². The molecule has 0 heterocycles. The van der Waals surface area contributed by atoms with Crippen molar-refractivity contribution in [1.82, 2.24) is 5.32 Å². The molecule has 2 atom stereocenters. The van der Waals surface area contributed by atoms with Crippen LogP contribution in [0.5, 0.6) is 5.75 Å². The van der Waals surface area contributed by atoms with Gasteiger partial charge in [0.25, 0.3) is 5.91 Å². The number of methoxy groups -OCH3 is 1. The van der Waals surface area contributed by atoms with E-state index >= 15 is 0 Å². The molecule has 2 rings (SSSR count). The second-order valence-electron chi connectivity index (χ2n) is 5.81. The minimum Gasteiger partial charge on any atom is -0.508 e. The molecule has 0 aromatic heterocycles. The van der Waals surface area contributed by atoms with Crippen LogP contribution >= 0.6 is 0 Å². The maximum atomic E-state index is 12.2. The summed E-state index contributed by atoms with van der Waals surface area (Å²) in [4.78, 5) is 12.2. The SMILES string of the molecule is COC1CC(NC(=O)c2ccc(O)cc2C)C1(C)C. The highest BCUT2D eigenvalue weighted by molar-refractivity contribution is 5.96. The molecule has 1 saturated carbocycles. The van der Waals surface area contributed by atoms with Gasteiger partial charge in [-0.2, -0.15) is 0 Å². The van der Waals surface area contributed by atoms with E-state index in [2.05, 4.69) is 19.2 Å². The minimum atomic E-state index is -0.0925. The van der Waals surface area contributed by atoms with Crippen LogP contribution in [0.4, 0.5) is 0 Å². The molecule has 4 nitrogen and oxygen atoms in total. The van der Waals surface area contributed by atoms with Gasteiger partial charge in [0.05, 0.1) is 6.10 Å². The zero-order valence-corrected chi connectivity index (χ0v) is 11.9. The average Bonchev–Trinajstić information content (AvgIpc) is 2.33. The first kappa shape index (κ1) is 13.9. The fraction of sp³-hybridized carbons (Fsp3) is 0.533. The number of aryl methyl sites for hydroxylation is 1. The normalized spacial score (nSPS) is 24.6. The first-order chi connectivity index (χ1) is 8.86. The lowest BCUT2D eigenvalue weighted by Crippen LogP contribution is -2.61. The van der Waals surface area contributed by atoms with Crippen molar-refractivity contribution in [2.24, 2.45) is 5.41 Å². The van der Waals surface area contributed by atoms with Crippen molar-refractivity contribution < 1.29 is 14.6 Å². The Balaban J connectivity index is 2.07. The van der Waals surface area contributed by atoms with Gasteiger partial charge in [-0.1, -0.05) is 13.8 Å². The van der Waals surface area contributed by atoms with Crippen LogP contribution in [0.1, 0.15) is 36.2 Å². The highest BCUT2D eigenvalue weighted by Crippen LogP contribution is 2.42. The number of carbonyl (C=O) groups is 1. The number of hydrogen-bond donors (Lipinski definition) is 2. The number of benzene rings is 1. The molecule has 1 aromatic rings. The number of carbonyl (C=O) groups excluding carboxylic acids is 1. The minimum absolute atomic E-state index is 0.0464. The maximum absolute atomic E-state index is 12.2. The molecule has 2 unspecified atom stereocenters. The second-order valence-corrected chi connectivity index (χ2v) is 5.81. The Bertz CT molecular complexity index is 496. The van der Waals surface area contributed by atoms with Gasteiger partial charge in [0.2, 0.25) is 0 Å². The molecule has 0 spiro atoms. The zero-order chi connectivity index (χ0) is 14.2. The van der Waals surface area contributed by atoms with E-state index in [1.165, 1.54) is 6.07 Å². The van der Waals surface area contributed by atoms with E-state index in [0.29, 0.717) is 5.56 Å². The lowest BCUT2D eigenvalue weighted by Gasteiger charge is -2.51. The largest absolute Gasteiger partial charge is 0.508 e. The van der Waals surface area contributed by atoms with Crippen molar-refractivity contribution in [1.29, 1.82) is 0 Å². The van der Waals surface area contributed by atoms with Crippen LogP contribution in [0.2, 0.25) is 0 Å². The molecule has 0 saturated heterocycles. The summed E-state index contributed by atoms with van der Waals surface area (Å²) in [6.07, 6.45) is 1.03. The van der Waals surface area contributed by atoms with Crippen molar-refractivity contribution >= 4 is 5.91 Å². The summed E-state index contributed by atoms with van der Waals surface area (Å²) < 4.78 is 5.37. The molecule has 2 N–H and O–H groups in total. The molecular formula is C15H21NO3. The number of rotatable bonds is 3. The number of hydrogen-bond acceptors (Lipinski definition) is 3. The Morgan fingerprint density at radius 1 is 1.47 bits per heavy atom. The van der Waals surface area contributed by atoms with Crippen LogP contribution in [-0.2, 0) is 4.74 Å². The number of nitrogens with one attached hydrogen (secondary N) is 1. The Kier molecular flexibility index (Phi) is 3.54. The van der Waals surface area contributed by atoms with Gasteiger partial charge in [0.1, 0.15) is 5.75 Å². The fourth-order valence-electron chi connectivity index (χ4n) is 2.67. The smallest absolute Gasteiger partial charge is 0.251 e. The van der Waals surface area contributed by atoms with Gasteiger partial charge >= 0.3 is 0 Å². The molecule has 1 aliphatic carbocycles. The van der Waals surface area contributed by atoms with E-state index in [1.54, 1.807) is 19.2 Å². The molecule has 0 bridgehead atoms. The van der Waals surface area contributed by atoms with E-state index in [0.717, 1.165) is 12.0 Å². The number of aromatic hydroxyl groups is 1. The molecule has 0 radical (unpaired) electrons. The zero-order valence-electron chi connectivity index (χ0n) is 11.9. The number of phenols is 1. The quantitative estimate of drug-likeness (QED) is 0.879. The van der Waals surface area contributed by atoms with Crippen molar-refractivity contribution in [2.75, 3.05) is 7.11 Å². The molecule has 1 aromatic carbocycles. The standard InChI is InChI=1S/C15H21NO3/c1-9-7-10(17)5-6-11(9)14(18)16-12-8-13(19-4)15(12,2)3/h5-7,12-13,17H,8H2,1-4H3,(H,16,18). The molecule has 1 aliphatic rings. The molecule has 19 heavy (non-hydrogen) atoms. The average molecular weight is 263 g/mol. The number of ether oxygens (including phenoxy) is 1. The van der Waals surface area contributed by atoms with Gasteiger partial charge in [-0.15, -0.1) is 0 Å². The van der Waals surface area contributed by atoms with Crippen LogP contribution in [0.25, 0.3) is 0 Å². The highest BCUT2D eigenvalue weighted by atomic mass is 16.5. The summed E-state index contributed by atoms with van der Waals surface area (Å²) in [5, 5.41) is 12.4. The summed E-state index contributed by atoms with van der Waals surface area (Å²) in [7, 11) is 1.70. The third-order valence-corrected chi connectivity index (χ3v) is 4.22. The Morgan fingerprint density at radius 3 is 2.68 bits per heavy atom. The summed E-state index contributed by atoms with van der Waals surface area (Å²) >= 11 is 0. The van der Waals surface area contributed by atoms with Gasteiger partial charge < -0.3 is 15.2 Å². The maximum Gasteiger partial charge on any atom is 0.251 e. The third-order valence-electron chi connectivity index (χ3n) is 4.22. The van der Waals surface area contributed by atoms with E-state index in [9.17, 15) is 9.90 Å². The van der Waals surface area contributed by atoms with Crippen LogP contribution in [-0.4, -0.2) is 30.3 Å². The van der Waals surface area contributed by atoms with Crippen molar-refractivity contribution in [3.05, 3.63) is 29.3 Å². The summed E-state index contributed by atoms with van der Waals surface area (Å²) in [6.45, 7) is 6.01. The van der Waals surface area contributed by atoms with Gasteiger partial charge in [-0.25, -0.2) is 0 Å². The van der Waals surface area contributed by atoms with Gasteiger partial charge in [0, 0.05) is 24.1 Å². The van der Waals surface area contributed by atoms with Crippen LogP contribution < -0.4 is 5.32 Å². The van der Waals surface area contributed by atoms with E-state index in [4.69, 9.17) is 4.74 Å². The Hall–Kier alpha value is -1.55. The van der Waals surface area contributed by atoms with Crippen molar-refractivity contribution in [3.8, 4) is 5.75 Å². The third kappa shape index (κ3) is 2.45. The summed E-state index contributed by atoms with van der Waals surface area (Å²) in [5.74, 6) is 0.0857. The Labute approximate surface area is 113 Å². The Morgan fingerprint density at radius 2 is 2.16 bits per heavy atom. The first-order valence-corrected chi connectivity index (χ1v) is 6.49. The number of phenolic OH excluding ortho intramolecular Hbond substituents is 1. The van der Waals surface area contributed by atoms with Crippen LogP contribution in [0.15, 0.2) is 18.2 Å². The predicted molar refractivity (Wildman–Crippen MR) is 73.3 cm³/mol. The van der Waals surface area contributed by atoms with E-state index in [1.807, 2.05) is 6.92 Å². The predicted octanol–water partition coefficient (Wildman–Crippen LogP) is 2.24. The summed E-state index contributed by atoms with van der Waals surface area (Å²) in [6, 6.07) is 4.91. The highest BCUT2D eigenvalue weighted by Gasteiger charge is 2.49. The van der Waals surface area contributed by atoms with Gasteiger partial charge in [-0.3, -0.25) is 4.79 Å².